The van der Waals surface area contributed by atoms with Gasteiger partial charge < -0.3 is 10.4 Å². The van der Waals surface area contributed by atoms with Gasteiger partial charge in [-0.15, -0.1) is 0 Å². The van der Waals surface area contributed by atoms with Crippen molar-refractivity contribution in [3.05, 3.63) is 24.3 Å². The maximum absolute atomic E-state index is 9.78. The van der Waals surface area contributed by atoms with Crippen LogP contribution < -0.4 is 5.32 Å². The van der Waals surface area contributed by atoms with E-state index < -0.39 is 0 Å². The molecule has 1 saturated carbocycles. The van der Waals surface area contributed by atoms with Crippen molar-refractivity contribution in [2.24, 2.45) is 5.92 Å². The second-order valence-corrected chi connectivity index (χ2v) is 6.76. The Balaban J connectivity index is 1.82. The van der Waals surface area contributed by atoms with Gasteiger partial charge >= 0.3 is 0 Å². The highest BCUT2D eigenvalue weighted by Crippen LogP contribution is 2.36. The Labute approximate surface area is 117 Å². The van der Waals surface area contributed by atoms with E-state index in [4.69, 9.17) is 0 Å². The van der Waals surface area contributed by atoms with E-state index in [0.717, 1.165) is 29.4 Å². The highest BCUT2D eigenvalue weighted by Gasteiger charge is 2.34. The molecule has 19 heavy (non-hydrogen) atoms. The Morgan fingerprint density at radius 3 is 2.79 bits per heavy atom. The number of aliphatic hydroxyl groups excluding tert-OH is 1. The van der Waals surface area contributed by atoms with Crippen LogP contribution in [0.3, 0.4) is 0 Å². The van der Waals surface area contributed by atoms with E-state index in [1.54, 1.807) is 11.3 Å². The molecule has 0 radical (unpaired) electrons. The average molecular weight is 276 g/mol. The molecule has 0 saturated heterocycles. The van der Waals surface area contributed by atoms with Gasteiger partial charge in [0.2, 0.25) is 0 Å². The molecule has 3 nitrogen and oxygen atoms in total. The van der Waals surface area contributed by atoms with Crippen LogP contribution in [0.5, 0.6) is 0 Å². The number of nitrogens with one attached hydrogen (secondary N) is 1. The van der Waals surface area contributed by atoms with Crippen LogP contribution in [-0.4, -0.2) is 22.2 Å². The number of hydrogen-bond donors (Lipinski definition) is 2. The molecule has 0 atom stereocenters. The quantitative estimate of drug-likeness (QED) is 0.899. The molecule has 1 fully saturated rings. The first kappa shape index (κ1) is 12.9. The lowest BCUT2D eigenvalue weighted by Crippen LogP contribution is -2.45. The molecule has 0 aliphatic heterocycles. The van der Waals surface area contributed by atoms with Gasteiger partial charge in [0.05, 0.1) is 22.4 Å². The zero-order valence-corrected chi connectivity index (χ0v) is 12.0. The summed E-state index contributed by atoms with van der Waals surface area (Å²) in [5.74, 6) is 0.775. The first-order chi connectivity index (χ1) is 9.21. The van der Waals surface area contributed by atoms with Crippen molar-refractivity contribution in [3.63, 3.8) is 0 Å². The molecule has 2 aromatic rings. The maximum Gasteiger partial charge on any atom is 0.184 e. The zero-order chi connectivity index (χ0) is 13.3. The van der Waals surface area contributed by atoms with E-state index in [9.17, 15) is 5.11 Å². The SMILES string of the molecule is CC1CCC(CO)(Nc2nc3ccccc3s2)CC1. The van der Waals surface area contributed by atoms with Crippen molar-refractivity contribution in [3.8, 4) is 0 Å². The summed E-state index contributed by atoms with van der Waals surface area (Å²) in [6, 6.07) is 8.17. The lowest BCUT2D eigenvalue weighted by molar-refractivity contribution is 0.155. The fourth-order valence-electron chi connectivity index (χ4n) is 2.79. The van der Waals surface area contributed by atoms with Crippen LogP contribution in [0.15, 0.2) is 24.3 Å². The van der Waals surface area contributed by atoms with Gasteiger partial charge in [0, 0.05) is 0 Å². The Kier molecular flexibility index (Phi) is 3.46. The molecule has 4 heteroatoms. The minimum Gasteiger partial charge on any atom is -0.394 e. The van der Waals surface area contributed by atoms with Gasteiger partial charge in [-0.25, -0.2) is 4.98 Å². The molecule has 0 unspecified atom stereocenters. The summed E-state index contributed by atoms with van der Waals surface area (Å²) >= 11 is 1.67. The van der Waals surface area contributed by atoms with E-state index in [2.05, 4.69) is 23.3 Å². The number of anilines is 1. The molecule has 2 N–H and O–H groups in total. The number of aromatic nitrogens is 1. The summed E-state index contributed by atoms with van der Waals surface area (Å²) in [6.45, 7) is 2.48. The fraction of sp³-hybridized carbons (Fsp3) is 0.533. The highest BCUT2D eigenvalue weighted by atomic mass is 32.1. The monoisotopic (exact) mass is 276 g/mol. The summed E-state index contributed by atoms with van der Waals surface area (Å²) in [5, 5.41) is 14.2. The Hall–Kier alpha value is -1.13. The third kappa shape index (κ3) is 2.60. The number of aliphatic hydroxyl groups is 1. The van der Waals surface area contributed by atoms with E-state index in [0.29, 0.717) is 0 Å². The first-order valence-corrected chi connectivity index (χ1v) is 7.77. The number of nitrogens with zero attached hydrogens (tertiary/aromatic N) is 1. The van der Waals surface area contributed by atoms with E-state index >= 15 is 0 Å². The van der Waals surface area contributed by atoms with Crippen LogP contribution in [0, 0.1) is 5.92 Å². The second-order valence-electron chi connectivity index (χ2n) is 5.73. The second kappa shape index (κ2) is 5.10. The molecule has 0 spiro atoms. The molecular formula is C15H20N2OS. The Bertz CT molecular complexity index is 525. The zero-order valence-electron chi connectivity index (χ0n) is 11.2. The molecular weight excluding hydrogens is 256 g/mol. The van der Waals surface area contributed by atoms with Crippen molar-refractivity contribution in [1.82, 2.24) is 4.98 Å². The van der Waals surface area contributed by atoms with Gasteiger partial charge in [-0.2, -0.15) is 0 Å². The van der Waals surface area contributed by atoms with Crippen molar-refractivity contribution in [2.45, 2.75) is 38.1 Å². The van der Waals surface area contributed by atoms with Crippen molar-refractivity contribution >= 4 is 26.7 Å². The highest BCUT2D eigenvalue weighted by molar-refractivity contribution is 7.22. The Morgan fingerprint density at radius 2 is 2.11 bits per heavy atom. The topological polar surface area (TPSA) is 45.1 Å². The predicted molar refractivity (Wildman–Crippen MR) is 80.7 cm³/mol. The molecule has 1 aromatic heterocycles. The van der Waals surface area contributed by atoms with Crippen LogP contribution in [0.25, 0.3) is 10.2 Å². The van der Waals surface area contributed by atoms with Crippen LogP contribution in [-0.2, 0) is 0 Å². The summed E-state index contributed by atoms with van der Waals surface area (Å²) in [6.07, 6.45) is 4.41. The predicted octanol–water partition coefficient (Wildman–Crippen LogP) is 3.65. The number of hydrogen-bond acceptors (Lipinski definition) is 4. The van der Waals surface area contributed by atoms with Gasteiger partial charge in [0.25, 0.3) is 0 Å². The third-order valence-electron chi connectivity index (χ3n) is 4.20. The van der Waals surface area contributed by atoms with E-state index in [-0.39, 0.29) is 12.1 Å². The fourth-order valence-corrected chi connectivity index (χ4v) is 3.77. The number of fused-ring (bicyclic) bond motifs is 1. The lowest BCUT2D eigenvalue weighted by atomic mass is 9.78. The first-order valence-electron chi connectivity index (χ1n) is 6.95. The molecule has 0 bridgehead atoms. The number of benzene rings is 1. The molecule has 1 aliphatic rings. The van der Waals surface area contributed by atoms with Crippen molar-refractivity contribution in [1.29, 1.82) is 0 Å². The standard InChI is InChI=1S/C15H20N2OS/c1-11-6-8-15(10-18,9-7-11)17-14-16-12-4-2-3-5-13(12)19-14/h2-5,11,18H,6-10H2,1H3,(H,16,17). The van der Waals surface area contributed by atoms with Crippen LogP contribution in [0.1, 0.15) is 32.6 Å². The molecule has 1 aromatic carbocycles. The average Bonchev–Trinajstić information content (AvgIpc) is 2.83. The minimum atomic E-state index is -0.166. The summed E-state index contributed by atoms with van der Waals surface area (Å²) in [4.78, 5) is 4.62. The molecule has 1 aliphatic carbocycles. The van der Waals surface area contributed by atoms with Crippen molar-refractivity contribution in [2.75, 3.05) is 11.9 Å². The van der Waals surface area contributed by atoms with E-state index in [1.165, 1.54) is 17.5 Å². The minimum absolute atomic E-state index is 0.166. The van der Waals surface area contributed by atoms with Crippen molar-refractivity contribution < 1.29 is 5.11 Å². The van der Waals surface area contributed by atoms with Gasteiger partial charge in [0.1, 0.15) is 0 Å². The summed E-state index contributed by atoms with van der Waals surface area (Å²) in [5.41, 5.74) is 0.868. The number of para-hydroxylation sites is 1. The van der Waals surface area contributed by atoms with E-state index in [1.807, 2.05) is 18.2 Å². The van der Waals surface area contributed by atoms with Crippen LogP contribution in [0.4, 0.5) is 5.13 Å². The van der Waals surface area contributed by atoms with Crippen LogP contribution in [0.2, 0.25) is 0 Å². The number of rotatable bonds is 3. The molecule has 3 rings (SSSR count). The third-order valence-corrected chi connectivity index (χ3v) is 5.15. The number of thiazole rings is 1. The smallest absolute Gasteiger partial charge is 0.184 e. The Morgan fingerprint density at radius 1 is 1.37 bits per heavy atom. The molecule has 1 heterocycles. The largest absolute Gasteiger partial charge is 0.394 e. The van der Waals surface area contributed by atoms with Gasteiger partial charge in [-0.05, 0) is 43.7 Å². The summed E-state index contributed by atoms with van der Waals surface area (Å²) < 4.78 is 1.20. The lowest BCUT2D eigenvalue weighted by Gasteiger charge is -2.38. The summed E-state index contributed by atoms with van der Waals surface area (Å²) in [7, 11) is 0. The molecule has 102 valence electrons. The maximum atomic E-state index is 9.78. The van der Waals surface area contributed by atoms with Crippen LogP contribution >= 0.6 is 11.3 Å². The van der Waals surface area contributed by atoms with Gasteiger partial charge in [-0.1, -0.05) is 30.4 Å². The van der Waals surface area contributed by atoms with Gasteiger partial charge in [-0.3, -0.25) is 0 Å². The normalized spacial score (nSPS) is 27.6. The molecule has 0 amide bonds. The van der Waals surface area contributed by atoms with Gasteiger partial charge in [0.15, 0.2) is 5.13 Å².